The van der Waals surface area contributed by atoms with Crippen molar-refractivity contribution in [3.63, 3.8) is 0 Å². The molecule has 5 nitrogen and oxygen atoms in total. The lowest BCUT2D eigenvalue weighted by Gasteiger charge is -2.12. The normalized spacial score (nSPS) is 11.6. The number of halogens is 1. The first-order valence-electron chi connectivity index (χ1n) is 10.2. The molecule has 0 fully saturated rings. The third-order valence-corrected chi connectivity index (χ3v) is 7.10. The number of benzene rings is 3. The number of rotatable bonds is 6. The number of para-hydroxylation sites is 2. The Bertz CT molecular complexity index is 1400. The Labute approximate surface area is 186 Å². The van der Waals surface area contributed by atoms with Crippen LogP contribution in [0.25, 0.3) is 10.9 Å². The molecular weight excluding hydrogens is 427 g/mol. The Morgan fingerprint density at radius 2 is 1.66 bits per heavy atom. The second-order valence-corrected chi connectivity index (χ2v) is 9.80. The summed E-state index contributed by atoms with van der Waals surface area (Å²) in [6.07, 6.45) is 1.49. The van der Waals surface area contributed by atoms with Crippen LogP contribution in [-0.2, 0) is 26.9 Å². The largest absolute Gasteiger partial charge is 0.337 e. The van der Waals surface area contributed by atoms with E-state index >= 15 is 0 Å². The molecule has 4 aromatic rings. The minimum atomic E-state index is -3.76. The van der Waals surface area contributed by atoms with Gasteiger partial charge in [0, 0.05) is 22.8 Å². The van der Waals surface area contributed by atoms with Crippen molar-refractivity contribution in [3.05, 3.63) is 95.4 Å². The van der Waals surface area contributed by atoms with E-state index in [-0.39, 0.29) is 23.1 Å². The van der Waals surface area contributed by atoms with E-state index in [4.69, 9.17) is 0 Å². The summed E-state index contributed by atoms with van der Waals surface area (Å²) in [6, 6.07) is 18.4. The number of fused-ring (bicyclic) bond motifs is 1. The topological polar surface area (TPSA) is 68.2 Å². The summed E-state index contributed by atoms with van der Waals surface area (Å²) in [5.74, 6) is -1.06. The first-order chi connectivity index (χ1) is 15.2. The molecule has 1 heterocycles. The van der Waals surface area contributed by atoms with Crippen LogP contribution in [0.15, 0.2) is 77.8 Å². The lowest BCUT2D eigenvalue weighted by atomic mass is 10.1. The summed E-state index contributed by atoms with van der Waals surface area (Å²) in [4.78, 5) is 12.9. The van der Waals surface area contributed by atoms with E-state index in [9.17, 15) is 17.6 Å². The molecule has 4 rings (SSSR count). The molecule has 0 aliphatic heterocycles. The Balaban J connectivity index is 1.66. The Morgan fingerprint density at radius 1 is 0.969 bits per heavy atom. The molecule has 1 amide bonds. The van der Waals surface area contributed by atoms with Gasteiger partial charge in [-0.3, -0.25) is 4.79 Å². The van der Waals surface area contributed by atoms with E-state index in [1.54, 1.807) is 34.9 Å². The molecule has 0 radical (unpaired) electrons. The summed E-state index contributed by atoms with van der Waals surface area (Å²) >= 11 is 0. The van der Waals surface area contributed by atoms with Crippen LogP contribution >= 0.6 is 0 Å². The zero-order valence-corrected chi connectivity index (χ0v) is 18.6. The Hall–Kier alpha value is -3.45. The second kappa shape index (κ2) is 8.59. The number of aromatic nitrogens is 1. The van der Waals surface area contributed by atoms with Crippen LogP contribution in [0.5, 0.6) is 0 Å². The average Bonchev–Trinajstić information content (AvgIpc) is 3.10. The smallest absolute Gasteiger partial charge is 0.244 e. The van der Waals surface area contributed by atoms with Crippen molar-refractivity contribution in [2.75, 3.05) is 5.32 Å². The van der Waals surface area contributed by atoms with Gasteiger partial charge in [-0.1, -0.05) is 48.5 Å². The number of amides is 1. The molecule has 7 heteroatoms. The van der Waals surface area contributed by atoms with Crippen molar-refractivity contribution >= 4 is 32.3 Å². The molecule has 0 atom stereocenters. The van der Waals surface area contributed by atoms with Gasteiger partial charge in [0.1, 0.15) is 12.4 Å². The first-order valence-corrected chi connectivity index (χ1v) is 11.8. The number of nitrogens with zero attached hydrogens (tertiary/aromatic N) is 1. The van der Waals surface area contributed by atoms with Crippen LogP contribution < -0.4 is 5.32 Å². The van der Waals surface area contributed by atoms with Gasteiger partial charge in [-0.25, -0.2) is 12.8 Å². The van der Waals surface area contributed by atoms with Crippen molar-refractivity contribution in [1.29, 1.82) is 0 Å². The van der Waals surface area contributed by atoms with Gasteiger partial charge in [0.05, 0.1) is 10.6 Å². The first kappa shape index (κ1) is 21.8. The van der Waals surface area contributed by atoms with Crippen LogP contribution in [0.2, 0.25) is 0 Å². The fourth-order valence-corrected chi connectivity index (χ4v) is 5.43. The molecule has 0 saturated heterocycles. The van der Waals surface area contributed by atoms with E-state index in [2.05, 4.69) is 5.32 Å². The molecule has 0 unspecified atom stereocenters. The van der Waals surface area contributed by atoms with Gasteiger partial charge in [0.2, 0.25) is 5.91 Å². The number of sulfone groups is 1. The highest BCUT2D eigenvalue weighted by atomic mass is 32.2. The summed E-state index contributed by atoms with van der Waals surface area (Å²) in [6.45, 7) is 3.80. The quantitative estimate of drug-likeness (QED) is 0.449. The predicted molar refractivity (Wildman–Crippen MR) is 124 cm³/mol. The van der Waals surface area contributed by atoms with Gasteiger partial charge < -0.3 is 9.88 Å². The van der Waals surface area contributed by atoms with Crippen LogP contribution in [-0.4, -0.2) is 18.9 Å². The Morgan fingerprint density at radius 3 is 2.38 bits per heavy atom. The average molecular weight is 451 g/mol. The molecule has 1 aromatic heterocycles. The van der Waals surface area contributed by atoms with E-state index in [1.807, 2.05) is 32.0 Å². The molecule has 3 aromatic carbocycles. The summed E-state index contributed by atoms with van der Waals surface area (Å²) < 4.78 is 41.5. The molecule has 0 spiro atoms. The van der Waals surface area contributed by atoms with E-state index < -0.39 is 15.7 Å². The molecular formula is C25H23FN2O3S. The Kier molecular flexibility index (Phi) is 5.84. The zero-order chi connectivity index (χ0) is 22.9. The van der Waals surface area contributed by atoms with Crippen LogP contribution in [0.4, 0.5) is 10.1 Å². The van der Waals surface area contributed by atoms with E-state index in [0.29, 0.717) is 16.5 Å². The number of hydrogen-bond acceptors (Lipinski definition) is 3. The standard InChI is InChI=1S/C25H23FN2O3S/c1-17-7-5-8-18(2)25(17)27-24(29)15-28-14-23(21-11-3-4-12-22(21)28)32(30,31)16-19-9-6-10-20(26)13-19/h3-14H,15-16H2,1-2H3,(H,27,29). The molecule has 0 aliphatic rings. The number of nitrogens with one attached hydrogen (secondary N) is 1. The molecule has 0 saturated carbocycles. The maximum Gasteiger partial charge on any atom is 0.244 e. The van der Waals surface area contributed by atoms with Crippen LogP contribution in [0.3, 0.4) is 0 Å². The molecule has 0 bridgehead atoms. The predicted octanol–water partition coefficient (Wildman–Crippen LogP) is 5.01. The van der Waals surface area contributed by atoms with Gasteiger partial charge in [-0.2, -0.15) is 0 Å². The zero-order valence-electron chi connectivity index (χ0n) is 17.8. The van der Waals surface area contributed by atoms with Gasteiger partial charge in [0.15, 0.2) is 9.84 Å². The van der Waals surface area contributed by atoms with Crippen molar-refractivity contribution in [2.24, 2.45) is 0 Å². The fourth-order valence-electron chi connectivity index (χ4n) is 3.86. The minimum absolute atomic E-state index is 0.0379. The van der Waals surface area contributed by atoms with Crippen molar-refractivity contribution in [2.45, 2.75) is 31.0 Å². The van der Waals surface area contributed by atoms with Gasteiger partial charge >= 0.3 is 0 Å². The number of aryl methyl sites for hydroxylation is 2. The summed E-state index contributed by atoms with van der Waals surface area (Å²) in [5.41, 5.74) is 3.67. The number of carbonyl (C=O) groups excluding carboxylic acids is 1. The second-order valence-electron chi connectivity index (χ2n) is 7.84. The van der Waals surface area contributed by atoms with Crippen molar-refractivity contribution in [1.82, 2.24) is 4.57 Å². The number of hydrogen-bond donors (Lipinski definition) is 1. The minimum Gasteiger partial charge on any atom is -0.337 e. The third kappa shape index (κ3) is 4.43. The monoisotopic (exact) mass is 450 g/mol. The maximum atomic E-state index is 13.5. The fraction of sp³-hybridized carbons (Fsp3) is 0.160. The van der Waals surface area contributed by atoms with E-state index in [1.165, 1.54) is 24.4 Å². The van der Waals surface area contributed by atoms with Crippen LogP contribution in [0.1, 0.15) is 16.7 Å². The van der Waals surface area contributed by atoms with Crippen molar-refractivity contribution in [3.8, 4) is 0 Å². The SMILES string of the molecule is Cc1cccc(C)c1NC(=O)Cn1cc(S(=O)(=O)Cc2cccc(F)c2)c2ccccc21. The molecule has 0 aliphatic carbocycles. The third-order valence-electron chi connectivity index (χ3n) is 5.39. The highest BCUT2D eigenvalue weighted by Gasteiger charge is 2.22. The molecule has 164 valence electrons. The van der Waals surface area contributed by atoms with Gasteiger partial charge in [-0.15, -0.1) is 0 Å². The molecule has 1 N–H and O–H groups in total. The van der Waals surface area contributed by atoms with Crippen molar-refractivity contribution < 1.29 is 17.6 Å². The summed E-state index contributed by atoms with van der Waals surface area (Å²) in [5, 5.41) is 3.47. The van der Waals surface area contributed by atoms with Gasteiger partial charge in [-0.05, 0) is 48.7 Å². The van der Waals surface area contributed by atoms with E-state index in [0.717, 1.165) is 16.8 Å². The van der Waals surface area contributed by atoms with Gasteiger partial charge in [0.25, 0.3) is 0 Å². The summed E-state index contributed by atoms with van der Waals surface area (Å²) in [7, 11) is -3.76. The highest BCUT2D eigenvalue weighted by molar-refractivity contribution is 7.90. The maximum absolute atomic E-state index is 13.5. The number of carbonyl (C=O) groups is 1. The number of anilines is 1. The lowest BCUT2D eigenvalue weighted by Crippen LogP contribution is -2.19. The van der Waals surface area contributed by atoms with Crippen LogP contribution in [0, 0.1) is 19.7 Å². The highest BCUT2D eigenvalue weighted by Crippen LogP contribution is 2.28. The molecule has 32 heavy (non-hydrogen) atoms. The lowest BCUT2D eigenvalue weighted by molar-refractivity contribution is -0.116.